The number of ether oxygens (including phenoxy) is 1. The molecule has 0 heterocycles. The molecule has 0 unspecified atom stereocenters. The second kappa shape index (κ2) is 7.08. The maximum atomic E-state index is 8.67. The Bertz CT molecular complexity index is 422. The molecule has 2 nitrogen and oxygen atoms in total. The highest BCUT2D eigenvalue weighted by Crippen LogP contribution is 2.24. The highest BCUT2D eigenvalue weighted by atomic mass is 16.5. The monoisotopic (exact) mass is 244 g/mol. The molecule has 1 aliphatic carbocycles. The van der Waals surface area contributed by atoms with Crippen LogP contribution in [0.3, 0.4) is 0 Å². The van der Waals surface area contributed by atoms with Crippen LogP contribution in [0.15, 0.2) is 24.3 Å². The fourth-order valence-corrected chi connectivity index (χ4v) is 2.37. The lowest BCUT2D eigenvalue weighted by molar-refractivity contribution is 0.209. The van der Waals surface area contributed by atoms with Gasteiger partial charge in [0.1, 0.15) is 12.4 Å². The zero-order chi connectivity index (χ0) is 12.6. The Hall–Kier alpha value is -1.46. The van der Waals surface area contributed by atoms with Gasteiger partial charge in [0.15, 0.2) is 0 Å². The van der Waals surface area contributed by atoms with E-state index in [4.69, 9.17) is 9.84 Å². The maximum Gasteiger partial charge on any atom is 0.120 e. The third-order valence-electron chi connectivity index (χ3n) is 3.36. The molecule has 2 rings (SSSR count). The summed E-state index contributed by atoms with van der Waals surface area (Å²) in [6.45, 7) is 0.712. The largest absolute Gasteiger partial charge is 0.493 e. The second-order valence-corrected chi connectivity index (χ2v) is 4.80. The molecule has 0 aliphatic heterocycles. The van der Waals surface area contributed by atoms with Crippen molar-refractivity contribution >= 4 is 0 Å². The molecular formula is C16H20O2. The molecular weight excluding hydrogens is 224 g/mol. The number of aliphatic hydroxyl groups is 1. The molecule has 18 heavy (non-hydrogen) atoms. The molecule has 0 bridgehead atoms. The van der Waals surface area contributed by atoms with Crippen molar-refractivity contribution < 1.29 is 9.84 Å². The van der Waals surface area contributed by atoms with Crippen LogP contribution in [-0.2, 0) is 0 Å². The number of benzene rings is 1. The van der Waals surface area contributed by atoms with Crippen LogP contribution in [0.5, 0.6) is 5.75 Å². The van der Waals surface area contributed by atoms with Gasteiger partial charge in [-0.1, -0.05) is 37.2 Å². The van der Waals surface area contributed by atoms with Gasteiger partial charge in [0.2, 0.25) is 0 Å². The number of hydrogen-bond acceptors (Lipinski definition) is 2. The molecule has 96 valence electrons. The zero-order valence-electron chi connectivity index (χ0n) is 10.7. The summed E-state index contributed by atoms with van der Waals surface area (Å²) in [6.07, 6.45) is 6.66. The molecule has 1 N–H and O–H groups in total. The zero-order valence-corrected chi connectivity index (χ0v) is 10.7. The number of hydrogen-bond donors (Lipinski definition) is 1. The van der Waals surface area contributed by atoms with E-state index in [0.717, 1.165) is 17.9 Å². The van der Waals surface area contributed by atoms with Gasteiger partial charge in [-0.25, -0.2) is 0 Å². The molecule has 0 amide bonds. The summed E-state index contributed by atoms with van der Waals surface area (Å²) in [5.74, 6) is 7.13. The lowest BCUT2D eigenvalue weighted by atomic mass is 9.90. The van der Waals surface area contributed by atoms with E-state index in [1.165, 1.54) is 32.1 Å². The molecule has 1 aromatic rings. The van der Waals surface area contributed by atoms with E-state index in [0.29, 0.717) is 5.92 Å². The van der Waals surface area contributed by atoms with Gasteiger partial charge in [0.25, 0.3) is 0 Å². The van der Waals surface area contributed by atoms with Crippen molar-refractivity contribution in [2.75, 3.05) is 13.2 Å². The normalized spacial score (nSPS) is 15.8. The van der Waals surface area contributed by atoms with E-state index in [2.05, 4.69) is 11.8 Å². The number of rotatable bonds is 3. The molecule has 0 aromatic heterocycles. The first kappa shape index (κ1) is 13.0. The minimum Gasteiger partial charge on any atom is -0.493 e. The summed E-state index contributed by atoms with van der Waals surface area (Å²) in [6, 6.07) is 7.77. The van der Waals surface area contributed by atoms with Crippen LogP contribution in [0.25, 0.3) is 0 Å². The topological polar surface area (TPSA) is 29.5 Å². The summed E-state index contributed by atoms with van der Waals surface area (Å²) in [4.78, 5) is 0. The molecule has 1 saturated carbocycles. The molecule has 0 saturated heterocycles. The minimum atomic E-state index is -0.104. The second-order valence-electron chi connectivity index (χ2n) is 4.80. The van der Waals surface area contributed by atoms with Gasteiger partial charge in [-0.05, 0) is 37.0 Å². The van der Waals surface area contributed by atoms with Crippen molar-refractivity contribution in [2.45, 2.75) is 32.1 Å². The van der Waals surface area contributed by atoms with Crippen LogP contribution in [0.1, 0.15) is 37.7 Å². The van der Waals surface area contributed by atoms with E-state index in [1.807, 2.05) is 24.3 Å². The Morgan fingerprint density at radius 2 is 2.06 bits per heavy atom. The van der Waals surface area contributed by atoms with E-state index in [1.54, 1.807) is 0 Å². The average Bonchev–Trinajstić information content (AvgIpc) is 2.44. The average molecular weight is 244 g/mol. The molecule has 0 spiro atoms. The predicted molar refractivity (Wildman–Crippen MR) is 72.5 cm³/mol. The number of aliphatic hydroxyl groups excluding tert-OH is 1. The van der Waals surface area contributed by atoms with Crippen molar-refractivity contribution in [2.24, 2.45) is 5.92 Å². The smallest absolute Gasteiger partial charge is 0.120 e. The van der Waals surface area contributed by atoms with Crippen LogP contribution >= 0.6 is 0 Å². The summed E-state index contributed by atoms with van der Waals surface area (Å²) in [7, 11) is 0. The molecule has 0 radical (unpaired) electrons. The van der Waals surface area contributed by atoms with Crippen LogP contribution in [-0.4, -0.2) is 18.3 Å². The van der Waals surface area contributed by atoms with E-state index in [-0.39, 0.29) is 6.61 Å². The summed E-state index contributed by atoms with van der Waals surface area (Å²) in [5, 5.41) is 8.67. The van der Waals surface area contributed by atoms with Crippen LogP contribution in [0.4, 0.5) is 0 Å². The Labute approximate surface area is 109 Å². The molecule has 2 heteroatoms. The van der Waals surface area contributed by atoms with Gasteiger partial charge in [0, 0.05) is 5.56 Å². The lowest BCUT2D eigenvalue weighted by Crippen LogP contribution is -2.15. The standard InChI is InChI=1S/C16H20O2/c17-11-5-9-14-8-4-10-16(12-14)18-13-15-6-2-1-3-7-15/h4,8,10,12,15,17H,1-3,6-7,11,13H2. The van der Waals surface area contributed by atoms with Crippen molar-refractivity contribution in [3.05, 3.63) is 29.8 Å². The highest BCUT2D eigenvalue weighted by Gasteiger charge is 2.13. The van der Waals surface area contributed by atoms with Crippen LogP contribution in [0, 0.1) is 17.8 Å². The Morgan fingerprint density at radius 1 is 1.22 bits per heavy atom. The Balaban J connectivity index is 1.88. The third kappa shape index (κ3) is 4.09. The van der Waals surface area contributed by atoms with Crippen LogP contribution in [0.2, 0.25) is 0 Å². The van der Waals surface area contributed by atoms with E-state index in [9.17, 15) is 0 Å². The first-order valence-electron chi connectivity index (χ1n) is 6.71. The van der Waals surface area contributed by atoms with Gasteiger partial charge >= 0.3 is 0 Å². The third-order valence-corrected chi connectivity index (χ3v) is 3.36. The first-order valence-corrected chi connectivity index (χ1v) is 6.71. The van der Waals surface area contributed by atoms with E-state index < -0.39 is 0 Å². The van der Waals surface area contributed by atoms with Gasteiger partial charge in [-0.3, -0.25) is 0 Å². The summed E-state index contributed by atoms with van der Waals surface area (Å²) < 4.78 is 5.84. The maximum absolute atomic E-state index is 8.67. The summed E-state index contributed by atoms with van der Waals surface area (Å²) in [5.41, 5.74) is 0.894. The molecule has 1 aliphatic rings. The highest BCUT2D eigenvalue weighted by molar-refractivity contribution is 5.39. The molecule has 1 fully saturated rings. The first-order chi connectivity index (χ1) is 8.88. The fraction of sp³-hybridized carbons (Fsp3) is 0.500. The van der Waals surface area contributed by atoms with Crippen molar-refractivity contribution in [3.8, 4) is 17.6 Å². The van der Waals surface area contributed by atoms with Crippen molar-refractivity contribution in [1.29, 1.82) is 0 Å². The van der Waals surface area contributed by atoms with Gasteiger partial charge in [0.05, 0.1) is 6.61 Å². The van der Waals surface area contributed by atoms with Crippen molar-refractivity contribution in [3.63, 3.8) is 0 Å². The fourth-order valence-electron chi connectivity index (χ4n) is 2.37. The lowest BCUT2D eigenvalue weighted by Gasteiger charge is -2.21. The van der Waals surface area contributed by atoms with Gasteiger partial charge < -0.3 is 9.84 Å². The van der Waals surface area contributed by atoms with E-state index >= 15 is 0 Å². The van der Waals surface area contributed by atoms with Crippen LogP contribution < -0.4 is 4.74 Å². The summed E-state index contributed by atoms with van der Waals surface area (Å²) >= 11 is 0. The van der Waals surface area contributed by atoms with Gasteiger partial charge in [-0.2, -0.15) is 0 Å². The predicted octanol–water partition coefficient (Wildman–Crippen LogP) is 2.99. The quantitative estimate of drug-likeness (QED) is 0.828. The SMILES string of the molecule is OCC#Cc1cccc(OCC2CCCCC2)c1. The molecule has 1 aromatic carbocycles. The van der Waals surface area contributed by atoms with Crippen molar-refractivity contribution in [1.82, 2.24) is 0 Å². The molecule has 0 atom stereocenters. The Morgan fingerprint density at radius 3 is 2.83 bits per heavy atom. The van der Waals surface area contributed by atoms with Gasteiger partial charge in [-0.15, -0.1) is 0 Å². The Kier molecular flexibility index (Phi) is 5.11. The minimum absolute atomic E-state index is 0.104.